The molecule has 0 heterocycles. The fourth-order valence-electron chi connectivity index (χ4n) is 1.84. The van der Waals surface area contributed by atoms with Gasteiger partial charge >= 0.3 is 6.03 Å². The van der Waals surface area contributed by atoms with Crippen LogP contribution in [0, 0.1) is 11.6 Å². The van der Waals surface area contributed by atoms with Crippen LogP contribution in [0.1, 0.15) is 0 Å². The molecule has 0 atom stereocenters. The number of carbonyl (C=O) groups is 1. The molecular formula is C16H15ClF2N2O3. The normalized spacial score (nSPS) is 10.2. The minimum absolute atomic E-state index is 0.0271. The zero-order valence-electron chi connectivity index (χ0n) is 12.7. The number of ether oxygens (including phenoxy) is 2. The number of benzene rings is 2. The molecule has 2 amide bonds. The number of anilines is 1. The highest BCUT2D eigenvalue weighted by atomic mass is 35.5. The molecule has 8 heteroatoms. The van der Waals surface area contributed by atoms with Gasteiger partial charge in [-0.25, -0.2) is 13.6 Å². The van der Waals surface area contributed by atoms with Gasteiger partial charge in [0.2, 0.25) is 0 Å². The van der Waals surface area contributed by atoms with Crippen LogP contribution >= 0.6 is 11.6 Å². The largest absolute Gasteiger partial charge is 0.495 e. The van der Waals surface area contributed by atoms with Crippen LogP contribution in [0.5, 0.6) is 11.5 Å². The molecule has 0 unspecified atom stereocenters. The number of hydrogen-bond donors (Lipinski definition) is 2. The van der Waals surface area contributed by atoms with Crippen molar-refractivity contribution < 1.29 is 23.0 Å². The Morgan fingerprint density at radius 3 is 2.58 bits per heavy atom. The number of urea groups is 1. The van der Waals surface area contributed by atoms with Crippen LogP contribution in [-0.2, 0) is 0 Å². The van der Waals surface area contributed by atoms with Crippen LogP contribution in [0.25, 0.3) is 0 Å². The third-order valence-electron chi connectivity index (χ3n) is 2.95. The van der Waals surface area contributed by atoms with E-state index < -0.39 is 17.7 Å². The summed E-state index contributed by atoms with van der Waals surface area (Å²) in [7, 11) is 1.49. The van der Waals surface area contributed by atoms with Gasteiger partial charge in [-0.3, -0.25) is 0 Å². The summed E-state index contributed by atoms with van der Waals surface area (Å²) in [5, 5.41) is 5.48. The van der Waals surface area contributed by atoms with Gasteiger partial charge in [-0.2, -0.15) is 0 Å². The van der Waals surface area contributed by atoms with Crippen molar-refractivity contribution in [3.05, 3.63) is 53.1 Å². The third-order valence-corrected chi connectivity index (χ3v) is 3.24. The van der Waals surface area contributed by atoms with E-state index in [4.69, 9.17) is 21.1 Å². The van der Waals surface area contributed by atoms with Crippen molar-refractivity contribution in [2.45, 2.75) is 0 Å². The summed E-state index contributed by atoms with van der Waals surface area (Å²) in [6, 6.07) is 7.33. The summed E-state index contributed by atoms with van der Waals surface area (Å²) in [6.07, 6.45) is 0. The fourth-order valence-corrected chi connectivity index (χ4v) is 2.09. The fraction of sp³-hybridized carbons (Fsp3) is 0.188. The molecule has 0 saturated heterocycles. The number of hydrogen-bond acceptors (Lipinski definition) is 3. The molecule has 2 aromatic carbocycles. The smallest absolute Gasteiger partial charge is 0.319 e. The Hall–Kier alpha value is -2.54. The zero-order valence-corrected chi connectivity index (χ0v) is 13.5. The molecule has 0 aliphatic heterocycles. The van der Waals surface area contributed by atoms with E-state index in [2.05, 4.69) is 10.6 Å². The molecule has 0 spiro atoms. The number of nitrogens with one attached hydrogen (secondary N) is 2. The van der Waals surface area contributed by atoms with E-state index in [0.29, 0.717) is 16.5 Å². The molecule has 0 aliphatic rings. The highest BCUT2D eigenvalue weighted by molar-refractivity contribution is 6.32. The maximum absolute atomic E-state index is 13.3. The number of halogens is 3. The standard InChI is InChI=1S/C16H15ClF2N2O3/c1-23-14-5-3-11(9-12(14)17)21-16(22)20-6-7-24-15-4-2-10(18)8-13(15)19/h2-5,8-9H,6-7H2,1H3,(H2,20,21,22). The lowest BCUT2D eigenvalue weighted by Crippen LogP contribution is -2.32. The Labute approximate surface area is 142 Å². The van der Waals surface area contributed by atoms with Gasteiger partial charge in [-0.05, 0) is 30.3 Å². The van der Waals surface area contributed by atoms with Crippen molar-refractivity contribution in [2.75, 3.05) is 25.6 Å². The van der Waals surface area contributed by atoms with Crippen molar-refractivity contribution in [3.63, 3.8) is 0 Å². The van der Waals surface area contributed by atoms with Crippen LogP contribution in [0.15, 0.2) is 36.4 Å². The Kier molecular flexibility index (Phi) is 6.20. The summed E-state index contributed by atoms with van der Waals surface area (Å²) < 4.78 is 36.2. The van der Waals surface area contributed by atoms with Crippen molar-refractivity contribution in [1.29, 1.82) is 0 Å². The van der Waals surface area contributed by atoms with Gasteiger partial charge in [0.15, 0.2) is 11.6 Å². The second-order valence-corrected chi connectivity index (χ2v) is 5.06. The van der Waals surface area contributed by atoms with E-state index in [-0.39, 0.29) is 18.9 Å². The van der Waals surface area contributed by atoms with Gasteiger partial charge in [0.05, 0.1) is 18.7 Å². The van der Waals surface area contributed by atoms with Crippen LogP contribution < -0.4 is 20.1 Å². The van der Waals surface area contributed by atoms with E-state index in [0.717, 1.165) is 12.1 Å². The molecule has 0 radical (unpaired) electrons. The Morgan fingerprint density at radius 1 is 1.17 bits per heavy atom. The first-order valence-electron chi connectivity index (χ1n) is 6.96. The van der Waals surface area contributed by atoms with Crippen molar-refractivity contribution >= 4 is 23.3 Å². The van der Waals surface area contributed by atoms with Gasteiger partial charge in [0, 0.05) is 11.8 Å². The molecular weight excluding hydrogens is 342 g/mol. The number of rotatable bonds is 6. The minimum Gasteiger partial charge on any atom is -0.495 e. The predicted molar refractivity (Wildman–Crippen MR) is 86.9 cm³/mol. The summed E-state index contributed by atoms with van der Waals surface area (Å²) >= 11 is 5.95. The van der Waals surface area contributed by atoms with Gasteiger partial charge in [-0.1, -0.05) is 11.6 Å². The van der Waals surface area contributed by atoms with Gasteiger partial charge < -0.3 is 20.1 Å². The highest BCUT2D eigenvalue weighted by Gasteiger charge is 2.07. The topological polar surface area (TPSA) is 59.6 Å². The van der Waals surface area contributed by atoms with Gasteiger partial charge in [0.1, 0.15) is 18.2 Å². The molecule has 24 heavy (non-hydrogen) atoms. The summed E-state index contributed by atoms with van der Waals surface area (Å²) in [6.45, 7) is 0.159. The molecule has 5 nitrogen and oxygen atoms in total. The van der Waals surface area contributed by atoms with Crippen molar-refractivity contribution in [2.24, 2.45) is 0 Å². The first-order valence-corrected chi connectivity index (χ1v) is 7.33. The van der Waals surface area contributed by atoms with Crippen LogP contribution in [-0.4, -0.2) is 26.3 Å². The molecule has 0 fully saturated rings. The lowest BCUT2D eigenvalue weighted by molar-refractivity contribution is 0.246. The Balaban J connectivity index is 1.76. The second kappa shape index (κ2) is 8.35. The second-order valence-electron chi connectivity index (χ2n) is 4.65. The van der Waals surface area contributed by atoms with E-state index in [1.165, 1.54) is 13.2 Å². The lowest BCUT2D eigenvalue weighted by atomic mass is 10.3. The zero-order chi connectivity index (χ0) is 17.5. The Morgan fingerprint density at radius 2 is 1.92 bits per heavy atom. The summed E-state index contributed by atoms with van der Waals surface area (Å²) in [5.74, 6) is -1.07. The maximum atomic E-state index is 13.3. The van der Waals surface area contributed by atoms with E-state index >= 15 is 0 Å². The highest BCUT2D eigenvalue weighted by Crippen LogP contribution is 2.27. The average Bonchev–Trinajstić information content (AvgIpc) is 2.53. The molecule has 128 valence electrons. The lowest BCUT2D eigenvalue weighted by Gasteiger charge is -2.10. The van der Waals surface area contributed by atoms with E-state index in [1.54, 1.807) is 18.2 Å². The maximum Gasteiger partial charge on any atom is 0.319 e. The Bertz CT molecular complexity index is 728. The van der Waals surface area contributed by atoms with Gasteiger partial charge in [0.25, 0.3) is 0 Å². The molecule has 0 aromatic heterocycles. The molecule has 0 bridgehead atoms. The van der Waals surface area contributed by atoms with Crippen molar-refractivity contribution in [1.82, 2.24) is 5.32 Å². The van der Waals surface area contributed by atoms with Gasteiger partial charge in [-0.15, -0.1) is 0 Å². The SMILES string of the molecule is COc1ccc(NC(=O)NCCOc2ccc(F)cc2F)cc1Cl. The van der Waals surface area contributed by atoms with Crippen molar-refractivity contribution in [3.8, 4) is 11.5 Å². The number of carbonyl (C=O) groups excluding carboxylic acids is 1. The van der Waals surface area contributed by atoms with Crippen LogP contribution in [0.2, 0.25) is 5.02 Å². The van der Waals surface area contributed by atoms with Crippen LogP contribution in [0.3, 0.4) is 0 Å². The molecule has 0 saturated carbocycles. The number of amides is 2. The molecule has 2 N–H and O–H groups in total. The summed E-state index contributed by atoms with van der Waals surface area (Å²) in [5.41, 5.74) is 0.490. The third kappa shape index (κ3) is 4.99. The first-order chi connectivity index (χ1) is 11.5. The molecule has 2 rings (SSSR count). The number of methoxy groups -OCH3 is 1. The minimum atomic E-state index is -0.799. The quantitative estimate of drug-likeness (QED) is 0.773. The van der Waals surface area contributed by atoms with E-state index in [1.807, 2.05) is 0 Å². The molecule has 0 aliphatic carbocycles. The van der Waals surface area contributed by atoms with Crippen LogP contribution in [0.4, 0.5) is 19.3 Å². The first kappa shape index (κ1) is 17.8. The molecule has 2 aromatic rings. The summed E-state index contributed by atoms with van der Waals surface area (Å²) in [4.78, 5) is 11.7. The monoisotopic (exact) mass is 356 g/mol. The predicted octanol–water partition coefficient (Wildman–Crippen LogP) is 3.83. The van der Waals surface area contributed by atoms with E-state index in [9.17, 15) is 13.6 Å². The average molecular weight is 357 g/mol.